The molecule has 0 aromatic rings. The first-order valence-electron chi connectivity index (χ1n) is 8.73. The summed E-state index contributed by atoms with van der Waals surface area (Å²) >= 11 is 0. The maximum Gasteiger partial charge on any atom is 0.244 e. The smallest absolute Gasteiger partial charge is 0.244 e. The molecule has 1 N–H and O–H groups in total. The van der Waals surface area contributed by atoms with Gasteiger partial charge >= 0.3 is 0 Å². The topological polar surface area (TPSA) is 32.3 Å². The Morgan fingerprint density at radius 1 is 1.20 bits per heavy atom. The lowest BCUT2D eigenvalue weighted by Crippen LogP contribution is -2.47. The summed E-state index contributed by atoms with van der Waals surface area (Å²) in [5, 5.41) is 3.72. The molecule has 3 nitrogen and oxygen atoms in total. The Bertz CT molecular complexity index is 375. The number of amides is 1. The molecule has 4 atom stereocenters. The van der Waals surface area contributed by atoms with E-state index in [0.29, 0.717) is 17.9 Å². The van der Waals surface area contributed by atoms with Crippen molar-refractivity contribution in [3.8, 4) is 0 Å². The van der Waals surface area contributed by atoms with E-state index in [1.807, 2.05) is 0 Å². The third-order valence-electron chi connectivity index (χ3n) is 6.33. The summed E-state index contributed by atoms with van der Waals surface area (Å²) in [6, 6.07) is 0.477. The maximum atomic E-state index is 13.1. The number of carbonyl (C=O) groups excluding carboxylic acids is 1. The van der Waals surface area contributed by atoms with Gasteiger partial charge in [-0.3, -0.25) is 10.1 Å². The van der Waals surface area contributed by atoms with E-state index in [9.17, 15) is 4.79 Å². The van der Waals surface area contributed by atoms with Crippen LogP contribution in [0, 0.1) is 11.8 Å². The van der Waals surface area contributed by atoms with Crippen LogP contribution in [0.3, 0.4) is 0 Å². The van der Waals surface area contributed by atoms with E-state index in [2.05, 4.69) is 31.0 Å². The molecule has 1 heterocycles. The van der Waals surface area contributed by atoms with Crippen molar-refractivity contribution in [3.63, 3.8) is 0 Å². The van der Waals surface area contributed by atoms with E-state index in [1.165, 1.54) is 32.1 Å². The Labute approximate surface area is 123 Å². The van der Waals surface area contributed by atoms with Crippen molar-refractivity contribution >= 4 is 5.91 Å². The lowest BCUT2D eigenvalue weighted by atomic mass is 9.92. The van der Waals surface area contributed by atoms with E-state index in [-0.39, 0.29) is 11.7 Å². The van der Waals surface area contributed by atoms with Crippen LogP contribution in [0.1, 0.15) is 72.1 Å². The van der Waals surface area contributed by atoms with Gasteiger partial charge in [-0.05, 0) is 43.9 Å². The van der Waals surface area contributed by atoms with Gasteiger partial charge in [0.25, 0.3) is 0 Å². The molecule has 3 fully saturated rings. The summed E-state index contributed by atoms with van der Waals surface area (Å²) in [5.74, 6) is 1.90. The third kappa shape index (κ3) is 2.01. The predicted molar refractivity (Wildman–Crippen MR) is 81.2 cm³/mol. The van der Waals surface area contributed by atoms with Gasteiger partial charge in [0.15, 0.2) is 0 Å². The van der Waals surface area contributed by atoms with Gasteiger partial charge in [0, 0.05) is 6.04 Å². The van der Waals surface area contributed by atoms with Crippen molar-refractivity contribution < 1.29 is 4.79 Å². The van der Waals surface area contributed by atoms with Crippen LogP contribution >= 0.6 is 0 Å². The molecule has 3 rings (SSSR count). The minimum Gasteiger partial charge on any atom is -0.322 e. The van der Waals surface area contributed by atoms with E-state index in [1.54, 1.807) is 0 Å². The van der Waals surface area contributed by atoms with Gasteiger partial charge in [0.05, 0.1) is 11.7 Å². The highest BCUT2D eigenvalue weighted by molar-refractivity contribution is 5.89. The molecule has 1 aliphatic heterocycles. The average Bonchev–Trinajstić information content (AvgIpc) is 3.12. The van der Waals surface area contributed by atoms with Crippen LogP contribution in [0.5, 0.6) is 0 Å². The van der Waals surface area contributed by atoms with Gasteiger partial charge in [-0.25, -0.2) is 0 Å². The molecule has 3 heteroatoms. The normalized spacial score (nSPS) is 40.1. The van der Waals surface area contributed by atoms with Crippen LogP contribution in [0.2, 0.25) is 0 Å². The second-order valence-electron chi connectivity index (χ2n) is 7.24. The fraction of sp³-hybridized carbons (Fsp3) is 0.941. The standard InChI is InChI=1S/C17H30N2O/c1-4-13-8-9-14(12(13)3)19-15(5-2)18-17(16(19)20)10-6-7-11-17/h12-15,18H,4-11H2,1-3H3. The molecule has 114 valence electrons. The maximum absolute atomic E-state index is 13.1. The largest absolute Gasteiger partial charge is 0.322 e. The summed E-state index contributed by atoms with van der Waals surface area (Å²) in [5.41, 5.74) is -0.190. The molecule has 4 unspecified atom stereocenters. The lowest BCUT2D eigenvalue weighted by Gasteiger charge is -2.33. The van der Waals surface area contributed by atoms with Gasteiger partial charge in [0.2, 0.25) is 5.91 Å². The van der Waals surface area contributed by atoms with Gasteiger partial charge in [-0.15, -0.1) is 0 Å². The highest BCUT2D eigenvalue weighted by Crippen LogP contribution is 2.43. The Hall–Kier alpha value is -0.570. The molecule has 0 aromatic heterocycles. The highest BCUT2D eigenvalue weighted by Gasteiger charge is 2.55. The minimum absolute atomic E-state index is 0.190. The first-order chi connectivity index (χ1) is 9.63. The SMILES string of the molecule is CCC1CCC(N2C(=O)C3(CCCC3)NC2CC)C1C. The number of rotatable bonds is 3. The van der Waals surface area contributed by atoms with Crippen LogP contribution in [-0.2, 0) is 4.79 Å². The van der Waals surface area contributed by atoms with Crippen molar-refractivity contribution in [1.82, 2.24) is 10.2 Å². The average molecular weight is 278 g/mol. The first kappa shape index (κ1) is 14.4. The lowest BCUT2D eigenvalue weighted by molar-refractivity contribution is -0.136. The van der Waals surface area contributed by atoms with Gasteiger partial charge in [-0.2, -0.15) is 0 Å². The molecule has 0 aromatic carbocycles. The van der Waals surface area contributed by atoms with Crippen LogP contribution in [-0.4, -0.2) is 28.6 Å². The van der Waals surface area contributed by atoms with E-state index < -0.39 is 0 Å². The Morgan fingerprint density at radius 2 is 1.90 bits per heavy atom. The van der Waals surface area contributed by atoms with Crippen LogP contribution in [0.4, 0.5) is 0 Å². The number of hydrogen-bond acceptors (Lipinski definition) is 2. The Balaban J connectivity index is 1.83. The zero-order valence-corrected chi connectivity index (χ0v) is 13.3. The first-order valence-corrected chi connectivity index (χ1v) is 8.73. The Kier molecular flexibility index (Phi) is 3.83. The molecular weight excluding hydrogens is 248 g/mol. The Morgan fingerprint density at radius 3 is 2.45 bits per heavy atom. The summed E-state index contributed by atoms with van der Waals surface area (Å²) < 4.78 is 0. The quantitative estimate of drug-likeness (QED) is 0.859. The van der Waals surface area contributed by atoms with Gasteiger partial charge in [-0.1, -0.05) is 40.0 Å². The van der Waals surface area contributed by atoms with Crippen LogP contribution in [0.25, 0.3) is 0 Å². The molecule has 1 amide bonds. The zero-order chi connectivity index (χ0) is 14.3. The van der Waals surface area contributed by atoms with Crippen molar-refractivity contribution in [3.05, 3.63) is 0 Å². The van der Waals surface area contributed by atoms with E-state index in [0.717, 1.165) is 25.2 Å². The van der Waals surface area contributed by atoms with Gasteiger partial charge < -0.3 is 4.90 Å². The molecule has 1 saturated heterocycles. The van der Waals surface area contributed by atoms with Crippen LogP contribution in [0.15, 0.2) is 0 Å². The second kappa shape index (κ2) is 5.32. The van der Waals surface area contributed by atoms with Crippen LogP contribution < -0.4 is 5.32 Å². The second-order valence-corrected chi connectivity index (χ2v) is 7.24. The molecular formula is C17H30N2O. The van der Waals surface area contributed by atoms with E-state index >= 15 is 0 Å². The van der Waals surface area contributed by atoms with Crippen molar-refractivity contribution in [2.24, 2.45) is 11.8 Å². The monoisotopic (exact) mass is 278 g/mol. The summed E-state index contributed by atoms with van der Waals surface area (Å²) in [7, 11) is 0. The number of hydrogen-bond donors (Lipinski definition) is 1. The molecule has 2 saturated carbocycles. The van der Waals surface area contributed by atoms with E-state index in [4.69, 9.17) is 0 Å². The predicted octanol–water partition coefficient (Wildman–Crippen LogP) is 3.29. The zero-order valence-electron chi connectivity index (χ0n) is 13.3. The van der Waals surface area contributed by atoms with Crippen molar-refractivity contribution in [1.29, 1.82) is 0 Å². The molecule has 3 aliphatic rings. The minimum atomic E-state index is -0.190. The number of nitrogens with one attached hydrogen (secondary N) is 1. The molecule has 20 heavy (non-hydrogen) atoms. The molecule has 0 radical (unpaired) electrons. The summed E-state index contributed by atoms with van der Waals surface area (Å²) in [4.78, 5) is 15.4. The molecule has 0 bridgehead atoms. The highest BCUT2D eigenvalue weighted by atomic mass is 16.2. The fourth-order valence-corrected chi connectivity index (χ4v) is 5.05. The van der Waals surface area contributed by atoms with Gasteiger partial charge in [0.1, 0.15) is 0 Å². The summed E-state index contributed by atoms with van der Waals surface area (Å²) in [6.07, 6.45) is 9.61. The fourth-order valence-electron chi connectivity index (χ4n) is 5.05. The molecule has 1 spiro atoms. The summed E-state index contributed by atoms with van der Waals surface area (Å²) in [6.45, 7) is 6.87. The number of nitrogens with zero attached hydrogens (tertiary/aromatic N) is 1. The van der Waals surface area contributed by atoms with Crippen molar-refractivity contribution in [2.45, 2.75) is 89.9 Å². The van der Waals surface area contributed by atoms with Crippen molar-refractivity contribution in [2.75, 3.05) is 0 Å². The third-order valence-corrected chi connectivity index (χ3v) is 6.33. The molecule has 2 aliphatic carbocycles. The number of carbonyl (C=O) groups is 1.